The van der Waals surface area contributed by atoms with Crippen molar-refractivity contribution in [1.29, 1.82) is 0 Å². The van der Waals surface area contributed by atoms with Crippen molar-refractivity contribution < 1.29 is 19.1 Å². The van der Waals surface area contributed by atoms with Crippen molar-refractivity contribution in [3.05, 3.63) is 48.0 Å². The third kappa shape index (κ3) is 5.57. The van der Waals surface area contributed by atoms with Gasteiger partial charge in [-0.05, 0) is 56.3 Å². The number of hydrogen-bond donors (Lipinski definition) is 2. The standard InChI is InChI=1S/C21H25N3O4S/c1-3-24(4-2)16-7-5-15(6-8-16)21(26)23-22-20(25)14-29-17-9-10-18-19(13-17)28-12-11-27-18/h5-10,13H,3-4,11-12,14H2,1-2H3,(H,22,25)(H,23,26). The van der Waals surface area contributed by atoms with Gasteiger partial charge in [0.25, 0.3) is 5.91 Å². The molecule has 0 atom stereocenters. The number of nitrogens with one attached hydrogen (secondary N) is 2. The molecule has 0 bridgehead atoms. The molecule has 1 aliphatic heterocycles. The number of benzene rings is 2. The van der Waals surface area contributed by atoms with Gasteiger partial charge in [-0.25, -0.2) is 0 Å². The lowest BCUT2D eigenvalue weighted by Gasteiger charge is -2.21. The number of hydrogen-bond acceptors (Lipinski definition) is 6. The van der Waals surface area contributed by atoms with E-state index in [2.05, 4.69) is 29.6 Å². The van der Waals surface area contributed by atoms with Crippen LogP contribution in [0, 0.1) is 0 Å². The van der Waals surface area contributed by atoms with E-state index >= 15 is 0 Å². The molecule has 2 aromatic carbocycles. The van der Waals surface area contributed by atoms with Gasteiger partial charge < -0.3 is 14.4 Å². The maximum Gasteiger partial charge on any atom is 0.269 e. The molecule has 1 aliphatic rings. The smallest absolute Gasteiger partial charge is 0.269 e. The highest BCUT2D eigenvalue weighted by Gasteiger charge is 2.13. The minimum absolute atomic E-state index is 0.167. The number of thioether (sulfide) groups is 1. The second-order valence-corrected chi connectivity index (χ2v) is 7.36. The first-order valence-electron chi connectivity index (χ1n) is 9.57. The highest BCUT2D eigenvalue weighted by Crippen LogP contribution is 2.34. The van der Waals surface area contributed by atoms with Crippen LogP contribution >= 0.6 is 11.8 Å². The van der Waals surface area contributed by atoms with E-state index in [9.17, 15) is 9.59 Å². The van der Waals surface area contributed by atoms with Gasteiger partial charge >= 0.3 is 0 Å². The van der Waals surface area contributed by atoms with Gasteiger partial charge in [0.2, 0.25) is 5.91 Å². The number of carbonyl (C=O) groups is 2. The van der Waals surface area contributed by atoms with Gasteiger partial charge in [0, 0.05) is 29.2 Å². The lowest BCUT2D eigenvalue weighted by molar-refractivity contribution is -0.119. The SMILES string of the molecule is CCN(CC)c1ccc(C(=O)NNC(=O)CSc2ccc3c(c2)OCCO3)cc1. The van der Waals surface area contributed by atoms with Crippen LogP contribution in [0.25, 0.3) is 0 Å². The molecule has 0 saturated carbocycles. The van der Waals surface area contributed by atoms with Crippen molar-refractivity contribution in [3.63, 3.8) is 0 Å². The average molecular weight is 416 g/mol. The third-order valence-corrected chi connectivity index (χ3v) is 5.45. The summed E-state index contributed by atoms with van der Waals surface area (Å²) < 4.78 is 11.0. The second-order valence-electron chi connectivity index (χ2n) is 6.32. The van der Waals surface area contributed by atoms with E-state index in [1.54, 1.807) is 12.1 Å². The Balaban J connectivity index is 1.46. The number of nitrogens with zero attached hydrogens (tertiary/aromatic N) is 1. The Bertz CT molecular complexity index is 854. The summed E-state index contributed by atoms with van der Waals surface area (Å²) in [6.07, 6.45) is 0. The summed E-state index contributed by atoms with van der Waals surface area (Å²) in [5.74, 6) is 0.917. The molecule has 0 aliphatic carbocycles. The van der Waals surface area contributed by atoms with Crippen LogP contribution in [0.2, 0.25) is 0 Å². The molecule has 2 N–H and O–H groups in total. The molecule has 0 radical (unpaired) electrons. The van der Waals surface area contributed by atoms with E-state index in [0.29, 0.717) is 30.3 Å². The molecule has 8 heteroatoms. The maximum atomic E-state index is 12.2. The highest BCUT2D eigenvalue weighted by molar-refractivity contribution is 8.00. The first kappa shape index (κ1) is 20.9. The van der Waals surface area contributed by atoms with Crippen LogP contribution in [0.4, 0.5) is 5.69 Å². The number of carbonyl (C=O) groups excluding carboxylic acids is 2. The van der Waals surface area contributed by atoms with Crippen LogP contribution in [0.15, 0.2) is 47.4 Å². The lowest BCUT2D eigenvalue weighted by atomic mass is 10.2. The van der Waals surface area contributed by atoms with E-state index in [1.807, 2.05) is 30.3 Å². The van der Waals surface area contributed by atoms with E-state index in [-0.39, 0.29) is 17.6 Å². The van der Waals surface area contributed by atoms with Crippen LogP contribution in [-0.4, -0.2) is 43.9 Å². The predicted octanol–water partition coefficient (Wildman–Crippen LogP) is 2.86. The predicted molar refractivity (Wildman–Crippen MR) is 114 cm³/mol. The summed E-state index contributed by atoms with van der Waals surface area (Å²) >= 11 is 1.35. The van der Waals surface area contributed by atoms with Crippen molar-refractivity contribution in [2.24, 2.45) is 0 Å². The Hall–Kier alpha value is -2.87. The third-order valence-electron chi connectivity index (χ3n) is 4.46. The van der Waals surface area contributed by atoms with Crippen molar-refractivity contribution in [2.45, 2.75) is 18.7 Å². The molecular formula is C21H25N3O4S. The fraction of sp³-hybridized carbons (Fsp3) is 0.333. The van der Waals surface area contributed by atoms with E-state index in [4.69, 9.17) is 9.47 Å². The molecule has 0 aromatic heterocycles. The van der Waals surface area contributed by atoms with Crippen LogP contribution in [0.5, 0.6) is 11.5 Å². The van der Waals surface area contributed by atoms with Crippen LogP contribution in [0.3, 0.4) is 0 Å². The minimum atomic E-state index is -0.353. The molecule has 0 unspecified atom stereocenters. The molecule has 2 amide bonds. The maximum absolute atomic E-state index is 12.2. The van der Waals surface area contributed by atoms with Crippen LogP contribution in [0.1, 0.15) is 24.2 Å². The van der Waals surface area contributed by atoms with Gasteiger partial charge in [0.05, 0.1) is 5.75 Å². The average Bonchev–Trinajstić information content (AvgIpc) is 2.77. The first-order chi connectivity index (χ1) is 14.1. The van der Waals surface area contributed by atoms with Gasteiger partial charge in [-0.2, -0.15) is 0 Å². The fourth-order valence-corrected chi connectivity index (χ4v) is 3.63. The van der Waals surface area contributed by atoms with Gasteiger partial charge in [0.15, 0.2) is 11.5 Å². The van der Waals surface area contributed by atoms with Crippen molar-refractivity contribution in [1.82, 2.24) is 10.9 Å². The molecule has 7 nitrogen and oxygen atoms in total. The van der Waals surface area contributed by atoms with E-state index in [0.717, 1.165) is 23.7 Å². The summed E-state index contributed by atoms with van der Waals surface area (Å²) in [7, 11) is 0. The zero-order valence-corrected chi connectivity index (χ0v) is 17.4. The number of anilines is 1. The van der Waals surface area contributed by atoms with Crippen LogP contribution < -0.4 is 25.2 Å². The number of ether oxygens (including phenoxy) is 2. The number of rotatable bonds is 7. The normalized spacial score (nSPS) is 12.2. The lowest BCUT2D eigenvalue weighted by Crippen LogP contribution is -2.42. The highest BCUT2D eigenvalue weighted by atomic mass is 32.2. The van der Waals surface area contributed by atoms with Gasteiger partial charge in [-0.3, -0.25) is 20.4 Å². The van der Waals surface area contributed by atoms with E-state index < -0.39 is 0 Å². The summed E-state index contributed by atoms with van der Waals surface area (Å²) in [5.41, 5.74) is 6.45. The van der Waals surface area contributed by atoms with Crippen molar-refractivity contribution in [2.75, 3.05) is 37.0 Å². The first-order valence-corrected chi connectivity index (χ1v) is 10.6. The van der Waals surface area contributed by atoms with Crippen molar-refractivity contribution in [3.8, 4) is 11.5 Å². The number of fused-ring (bicyclic) bond motifs is 1. The Morgan fingerprint density at radius 3 is 2.34 bits per heavy atom. The minimum Gasteiger partial charge on any atom is -0.486 e. The fourth-order valence-electron chi connectivity index (χ4n) is 2.91. The quantitative estimate of drug-likeness (QED) is 0.535. The summed E-state index contributed by atoms with van der Waals surface area (Å²) in [6.45, 7) is 7.03. The molecular weight excluding hydrogens is 390 g/mol. The number of amides is 2. The summed E-state index contributed by atoms with van der Waals surface area (Å²) in [6, 6.07) is 12.9. The molecule has 0 fully saturated rings. The molecule has 154 valence electrons. The molecule has 1 heterocycles. The monoisotopic (exact) mass is 415 g/mol. The Morgan fingerprint density at radius 1 is 0.966 bits per heavy atom. The van der Waals surface area contributed by atoms with Crippen LogP contribution in [-0.2, 0) is 4.79 Å². The van der Waals surface area contributed by atoms with Crippen molar-refractivity contribution >= 4 is 29.3 Å². The largest absolute Gasteiger partial charge is 0.486 e. The zero-order valence-electron chi connectivity index (χ0n) is 16.6. The topological polar surface area (TPSA) is 79.9 Å². The second kappa shape index (κ2) is 10.1. The number of hydrazine groups is 1. The summed E-state index contributed by atoms with van der Waals surface area (Å²) in [4.78, 5) is 27.4. The molecule has 29 heavy (non-hydrogen) atoms. The molecule has 0 spiro atoms. The zero-order chi connectivity index (χ0) is 20.6. The summed E-state index contributed by atoms with van der Waals surface area (Å²) in [5, 5.41) is 0. The van der Waals surface area contributed by atoms with Gasteiger partial charge in [-0.1, -0.05) is 0 Å². The van der Waals surface area contributed by atoms with E-state index in [1.165, 1.54) is 11.8 Å². The molecule has 3 rings (SSSR count). The Labute approximate surface area is 174 Å². The molecule has 0 saturated heterocycles. The Morgan fingerprint density at radius 2 is 1.66 bits per heavy atom. The Kier molecular flexibility index (Phi) is 7.24. The molecule has 2 aromatic rings. The van der Waals surface area contributed by atoms with Gasteiger partial charge in [-0.15, -0.1) is 11.8 Å². The van der Waals surface area contributed by atoms with Gasteiger partial charge in [0.1, 0.15) is 13.2 Å².